The van der Waals surface area contributed by atoms with E-state index in [-0.39, 0.29) is 12.4 Å². The molecular formula is C14H22O2. The molecule has 0 heterocycles. The van der Waals surface area contributed by atoms with Gasteiger partial charge in [0.2, 0.25) is 0 Å². The van der Waals surface area contributed by atoms with E-state index >= 15 is 0 Å². The zero-order chi connectivity index (χ0) is 11.7. The summed E-state index contributed by atoms with van der Waals surface area (Å²) >= 11 is 0. The van der Waals surface area contributed by atoms with Gasteiger partial charge in [-0.3, -0.25) is 4.79 Å². The predicted octanol–water partition coefficient (Wildman–Crippen LogP) is 2.57. The maximum Gasteiger partial charge on any atom is 0.183 e. The first kappa shape index (κ1) is 11.8. The Hall–Kier alpha value is -0.630. The van der Waals surface area contributed by atoms with Crippen molar-refractivity contribution in [3.63, 3.8) is 0 Å². The van der Waals surface area contributed by atoms with Gasteiger partial charge in [0.05, 0.1) is 0 Å². The number of aliphatic hydroxyl groups is 1. The van der Waals surface area contributed by atoms with Crippen LogP contribution in [0, 0.1) is 23.7 Å². The van der Waals surface area contributed by atoms with Crippen molar-refractivity contribution in [3.8, 4) is 0 Å². The van der Waals surface area contributed by atoms with Crippen LogP contribution in [-0.4, -0.2) is 17.5 Å². The third-order valence-electron chi connectivity index (χ3n) is 4.65. The predicted molar refractivity (Wildman–Crippen MR) is 64.0 cm³/mol. The first-order valence-corrected chi connectivity index (χ1v) is 6.55. The summed E-state index contributed by atoms with van der Waals surface area (Å²) in [6, 6.07) is 0. The lowest BCUT2D eigenvalue weighted by atomic mass is 9.87. The van der Waals surface area contributed by atoms with E-state index < -0.39 is 0 Å². The van der Waals surface area contributed by atoms with Crippen molar-refractivity contribution in [1.29, 1.82) is 0 Å². The summed E-state index contributed by atoms with van der Waals surface area (Å²) in [7, 11) is 0. The molecule has 0 saturated heterocycles. The molecular weight excluding hydrogens is 200 g/mol. The Balaban J connectivity index is 2.14. The molecule has 4 unspecified atom stereocenters. The van der Waals surface area contributed by atoms with Gasteiger partial charge in [-0.15, -0.1) is 0 Å². The molecule has 2 aliphatic rings. The van der Waals surface area contributed by atoms with Gasteiger partial charge in [0.15, 0.2) is 5.78 Å². The monoisotopic (exact) mass is 222 g/mol. The lowest BCUT2D eigenvalue weighted by Gasteiger charge is -2.17. The van der Waals surface area contributed by atoms with Crippen LogP contribution in [0.15, 0.2) is 11.6 Å². The maximum atomic E-state index is 11.5. The number of ketones is 1. The molecule has 2 aliphatic carbocycles. The minimum absolute atomic E-state index is 0.0564. The third-order valence-corrected chi connectivity index (χ3v) is 4.65. The van der Waals surface area contributed by atoms with Crippen molar-refractivity contribution in [2.24, 2.45) is 23.7 Å². The van der Waals surface area contributed by atoms with Crippen LogP contribution < -0.4 is 0 Å². The Morgan fingerprint density at radius 2 is 2.06 bits per heavy atom. The molecule has 4 atom stereocenters. The Morgan fingerprint density at radius 1 is 1.38 bits per heavy atom. The van der Waals surface area contributed by atoms with Crippen LogP contribution in [0.2, 0.25) is 0 Å². The molecule has 0 radical (unpaired) electrons. The number of rotatable bonds is 4. The summed E-state index contributed by atoms with van der Waals surface area (Å²) in [6.07, 6.45) is 6.87. The lowest BCUT2D eigenvalue weighted by molar-refractivity contribution is -0.118. The molecule has 2 rings (SSSR count). The van der Waals surface area contributed by atoms with E-state index in [1.54, 1.807) is 0 Å². The number of hydrogen-bond donors (Lipinski definition) is 1. The first-order chi connectivity index (χ1) is 7.71. The van der Waals surface area contributed by atoms with E-state index in [1.807, 2.05) is 0 Å². The number of allylic oxidation sites excluding steroid dienone is 1. The van der Waals surface area contributed by atoms with E-state index in [9.17, 15) is 4.79 Å². The largest absolute Gasteiger partial charge is 0.388 e. The van der Waals surface area contributed by atoms with E-state index in [0.29, 0.717) is 11.8 Å². The molecule has 1 N–H and O–H groups in total. The summed E-state index contributed by atoms with van der Waals surface area (Å²) in [5.74, 6) is 2.79. The van der Waals surface area contributed by atoms with Crippen molar-refractivity contribution in [2.75, 3.05) is 6.61 Å². The van der Waals surface area contributed by atoms with E-state index in [1.165, 1.54) is 19.3 Å². The number of carbonyl (C=O) groups excluding carboxylic acids is 1. The molecule has 0 bridgehead atoms. The fourth-order valence-electron chi connectivity index (χ4n) is 3.72. The van der Waals surface area contributed by atoms with Gasteiger partial charge in [-0.2, -0.15) is 0 Å². The van der Waals surface area contributed by atoms with Crippen molar-refractivity contribution in [3.05, 3.63) is 11.6 Å². The quantitative estimate of drug-likeness (QED) is 0.793. The third kappa shape index (κ3) is 1.84. The highest BCUT2D eigenvalue weighted by molar-refractivity contribution is 5.96. The molecule has 16 heavy (non-hydrogen) atoms. The lowest BCUT2D eigenvalue weighted by Crippen LogP contribution is -2.12. The number of aliphatic hydroxyl groups excluding tert-OH is 1. The number of Topliss-reactive ketones (excluding diaryl/α,β-unsaturated/α-hetero) is 1. The highest BCUT2D eigenvalue weighted by Gasteiger charge is 2.44. The van der Waals surface area contributed by atoms with E-state index in [2.05, 4.69) is 19.9 Å². The normalized spacial score (nSPS) is 37.3. The van der Waals surface area contributed by atoms with Crippen molar-refractivity contribution in [2.45, 2.75) is 39.5 Å². The second-order valence-electron chi connectivity index (χ2n) is 5.29. The van der Waals surface area contributed by atoms with E-state index in [0.717, 1.165) is 23.8 Å². The maximum absolute atomic E-state index is 11.5. The second-order valence-corrected chi connectivity index (χ2v) is 5.29. The van der Waals surface area contributed by atoms with Crippen LogP contribution in [0.1, 0.15) is 39.5 Å². The van der Waals surface area contributed by atoms with Gasteiger partial charge in [0, 0.05) is 0 Å². The topological polar surface area (TPSA) is 37.3 Å². The Kier molecular flexibility index (Phi) is 3.48. The molecule has 0 aromatic rings. The fraction of sp³-hybridized carbons (Fsp3) is 0.786. The molecule has 1 saturated carbocycles. The molecule has 0 spiro atoms. The van der Waals surface area contributed by atoms with Crippen LogP contribution >= 0.6 is 0 Å². The average Bonchev–Trinajstić information content (AvgIpc) is 2.85. The molecule has 2 heteroatoms. The van der Waals surface area contributed by atoms with Crippen molar-refractivity contribution in [1.82, 2.24) is 0 Å². The summed E-state index contributed by atoms with van der Waals surface area (Å²) in [4.78, 5) is 11.5. The summed E-state index contributed by atoms with van der Waals surface area (Å²) in [5.41, 5.74) is 0.897. The molecule has 0 amide bonds. The number of fused-ring (bicyclic) bond motifs is 1. The zero-order valence-corrected chi connectivity index (χ0v) is 10.3. The van der Waals surface area contributed by atoms with Gasteiger partial charge in [-0.25, -0.2) is 0 Å². The SMILES string of the molecule is CCC1CC(CC)C2CC(C(=O)CO)=CC12. The van der Waals surface area contributed by atoms with Gasteiger partial charge in [-0.05, 0) is 42.1 Å². The summed E-state index contributed by atoms with van der Waals surface area (Å²) in [6.45, 7) is 4.18. The van der Waals surface area contributed by atoms with Crippen LogP contribution in [0.3, 0.4) is 0 Å². The average molecular weight is 222 g/mol. The molecule has 0 aromatic carbocycles. The first-order valence-electron chi connectivity index (χ1n) is 6.55. The van der Waals surface area contributed by atoms with Gasteiger partial charge >= 0.3 is 0 Å². The van der Waals surface area contributed by atoms with Gasteiger partial charge < -0.3 is 5.11 Å². The van der Waals surface area contributed by atoms with Crippen LogP contribution in [0.25, 0.3) is 0 Å². The Labute approximate surface area is 97.7 Å². The highest BCUT2D eigenvalue weighted by atomic mass is 16.3. The zero-order valence-electron chi connectivity index (χ0n) is 10.3. The minimum atomic E-state index is -0.321. The second kappa shape index (κ2) is 4.70. The van der Waals surface area contributed by atoms with Crippen LogP contribution in [0.4, 0.5) is 0 Å². The molecule has 2 nitrogen and oxygen atoms in total. The smallest absolute Gasteiger partial charge is 0.183 e. The molecule has 0 aliphatic heterocycles. The van der Waals surface area contributed by atoms with Gasteiger partial charge in [-0.1, -0.05) is 32.8 Å². The fourth-order valence-corrected chi connectivity index (χ4v) is 3.72. The van der Waals surface area contributed by atoms with Crippen LogP contribution in [0.5, 0.6) is 0 Å². The van der Waals surface area contributed by atoms with E-state index in [4.69, 9.17) is 5.11 Å². The van der Waals surface area contributed by atoms with Crippen molar-refractivity contribution >= 4 is 5.78 Å². The molecule has 90 valence electrons. The van der Waals surface area contributed by atoms with Gasteiger partial charge in [0.25, 0.3) is 0 Å². The highest BCUT2D eigenvalue weighted by Crippen LogP contribution is 2.51. The number of carbonyl (C=O) groups is 1. The Morgan fingerprint density at radius 3 is 2.62 bits per heavy atom. The molecule has 0 aromatic heterocycles. The molecule has 1 fully saturated rings. The number of hydrogen-bond acceptors (Lipinski definition) is 2. The summed E-state index contributed by atoms with van der Waals surface area (Å²) in [5, 5.41) is 8.91. The van der Waals surface area contributed by atoms with Crippen molar-refractivity contribution < 1.29 is 9.90 Å². The van der Waals surface area contributed by atoms with Gasteiger partial charge in [0.1, 0.15) is 6.61 Å². The standard InChI is InChI=1S/C14H22O2/c1-3-9-5-10(4-2)13-7-11(6-12(9)13)14(16)8-15/h6,9-10,12-13,15H,3-5,7-8H2,1-2H3. The van der Waals surface area contributed by atoms with Crippen LogP contribution in [-0.2, 0) is 4.79 Å². The Bertz CT molecular complexity index is 306. The minimum Gasteiger partial charge on any atom is -0.388 e. The summed E-state index contributed by atoms with van der Waals surface area (Å²) < 4.78 is 0.